The summed E-state index contributed by atoms with van der Waals surface area (Å²) >= 11 is 0. The van der Waals surface area contributed by atoms with Gasteiger partial charge in [0.1, 0.15) is 0 Å². The molecule has 0 unspecified atom stereocenters. The Hall–Kier alpha value is -2.92. The molecule has 0 aliphatic heterocycles. The summed E-state index contributed by atoms with van der Waals surface area (Å²) in [4.78, 5) is 13.3. The molecule has 2 N–H and O–H groups in total. The number of hydrogen-bond acceptors (Lipinski definition) is 4. The normalized spacial score (nSPS) is 9.36. The topological polar surface area (TPSA) is 62.7 Å². The predicted molar refractivity (Wildman–Crippen MR) is 104 cm³/mol. The second-order valence-corrected chi connectivity index (χ2v) is 5.17. The zero-order valence-corrected chi connectivity index (χ0v) is 14.8. The first-order chi connectivity index (χ1) is 12.1. The summed E-state index contributed by atoms with van der Waals surface area (Å²) in [5.41, 5.74) is 3.76. The summed E-state index contributed by atoms with van der Waals surface area (Å²) in [5.74, 6) is -0.507. The van der Waals surface area contributed by atoms with Crippen LogP contribution in [0.3, 0.4) is 0 Å². The lowest BCUT2D eigenvalue weighted by Gasteiger charge is -2.10. The van der Waals surface area contributed by atoms with Gasteiger partial charge in [0.05, 0.1) is 13.8 Å². The van der Waals surface area contributed by atoms with E-state index in [9.17, 15) is 4.79 Å². The number of para-hydroxylation sites is 1. The van der Waals surface area contributed by atoms with E-state index in [1.54, 1.807) is 0 Å². The highest BCUT2D eigenvalue weighted by Crippen LogP contribution is 2.11. The maximum Gasteiger partial charge on any atom is 0.310 e. The average Bonchev–Trinajstić information content (AvgIpc) is 2.66. The maximum atomic E-state index is 10.3. The van der Waals surface area contributed by atoms with Gasteiger partial charge in [-0.1, -0.05) is 55.1 Å². The van der Waals surface area contributed by atoms with Crippen molar-refractivity contribution >= 4 is 18.3 Å². The fraction of sp³-hybridized carbons (Fsp3) is 0.200. The summed E-state index contributed by atoms with van der Waals surface area (Å²) in [6.45, 7) is 10.0. The SMILES string of the molecule is C=NC(=O)C(=C)OC.Cc1ccccc1NCNCc1ccccc1. The second-order valence-electron chi connectivity index (χ2n) is 5.17. The number of amides is 1. The predicted octanol–water partition coefficient (Wildman–Crippen LogP) is 3.53. The van der Waals surface area contributed by atoms with Gasteiger partial charge in [-0.3, -0.25) is 10.1 Å². The molecule has 5 heteroatoms. The Bertz CT molecular complexity index is 684. The highest BCUT2D eigenvalue weighted by molar-refractivity contribution is 5.93. The molecule has 0 saturated carbocycles. The van der Waals surface area contributed by atoms with Crippen LogP contribution < -0.4 is 10.6 Å². The Labute approximate surface area is 149 Å². The number of nitrogens with zero attached hydrogens (tertiary/aromatic N) is 1. The molecule has 25 heavy (non-hydrogen) atoms. The van der Waals surface area contributed by atoms with Crippen molar-refractivity contribution in [3.63, 3.8) is 0 Å². The molecule has 1 amide bonds. The zero-order valence-electron chi connectivity index (χ0n) is 14.8. The van der Waals surface area contributed by atoms with Crippen LogP contribution in [0.2, 0.25) is 0 Å². The van der Waals surface area contributed by atoms with E-state index in [1.165, 1.54) is 23.9 Å². The van der Waals surface area contributed by atoms with E-state index < -0.39 is 5.91 Å². The molecule has 0 saturated heterocycles. The summed E-state index contributed by atoms with van der Waals surface area (Å²) in [6, 6.07) is 18.7. The third-order valence-electron chi connectivity index (χ3n) is 3.35. The largest absolute Gasteiger partial charge is 0.492 e. The number of carbonyl (C=O) groups excluding carboxylic acids is 1. The molecule has 132 valence electrons. The number of aryl methyl sites for hydroxylation is 1. The van der Waals surface area contributed by atoms with Gasteiger partial charge in [0.2, 0.25) is 0 Å². The number of rotatable bonds is 7. The molecule has 0 radical (unpaired) electrons. The van der Waals surface area contributed by atoms with Gasteiger partial charge < -0.3 is 10.1 Å². The van der Waals surface area contributed by atoms with E-state index >= 15 is 0 Å². The second kappa shape index (κ2) is 11.6. The van der Waals surface area contributed by atoms with Crippen LogP contribution in [0.15, 0.2) is 71.9 Å². The molecule has 0 spiro atoms. The molecule has 0 aliphatic carbocycles. The monoisotopic (exact) mass is 339 g/mol. The summed E-state index contributed by atoms with van der Waals surface area (Å²) < 4.78 is 4.43. The Morgan fingerprint density at radius 2 is 1.76 bits per heavy atom. The molecular weight excluding hydrogens is 314 g/mol. The van der Waals surface area contributed by atoms with Gasteiger partial charge >= 0.3 is 5.91 Å². The Balaban J connectivity index is 0.000000333. The number of benzene rings is 2. The Morgan fingerprint density at radius 1 is 1.12 bits per heavy atom. The standard InChI is InChI=1S/C15H18N2.C5H7NO2/c1-13-7-5-6-10-15(13)17-12-16-11-14-8-3-2-4-9-14;1-4(8-3)5(7)6-2/h2-10,16-17H,11-12H2,1H3;1-2H2,3H3. The van der Waals surface area contributed by atoms with E-state index in [4.69, 9.17) is 0 Å². The fourth-order valence-electron chi connectivity index (χ4n) is 1.91. The molecule has 0 aromatic heterocycles. The van der Waals surface area contributed by atoms with Gasteiger partial charge in [0.25, 0.3) is 0 Å². The first-order valence-corrected chi connectivity index (χ1v) is 7.86. The smallest absolute Gasteiger partial charge is 0.310 e. The number of carbonyl (C=O) groups is 1. The van der Waals surface area contributed by atoms with E-state index in [0.717, 1.165) is 13.2 Å². The lowest BCUT2D eigenvalue weighted by Crippen LogP contribution is -2.21. The van der Waals surface area contributed by atoms with Crippen LogP contribution in [0.5, 0.6) is 0 Å². The quantitative estimate of drug-likeness (QED) is 0.266. The minimum atomic E-state index is -0.521. The van der Waals surface area contributed by atoms with Crippen molar-refractivity contribution in [3.05, 3.63) is 78.1 Å². The highest BCUT2D eigenvalue weighted by Gasteiger charge is 1.99. The average molecular weight is 339 g/mol. The molecule has 0 aliphatic rings. The van der Waals surface area contributed by atoms with Crippen molar-refractivity contribution in [1.82, 2.24) is 5.32 Å². The molecule has 0 heterocycles. The van der Waals surface area contributed by atoms with Crippen LogP contribution in [0.4, 0.5) is 5.69 Å². The van der Waals surface area contributed by atoms with E-state index in [0.29, 0.717) is 0 Å². The summed E-state index contributed by atoms with van der Waals surface area (Å²) in [5, 5.41) is 6.74. The van der Waals surface area contributed by atoms with Gasteiger partial charge in [-0.2, -0.15) is 0 Å². The molecule has 2 rings (SSSR count). The van der Waals surface area contributed by atoms with Gasteiger partial charge in [-0.05, 0) is 30.8 Å². The molecular formula is C20H25N3O2. The van der Waals surface area contributed by atoms with E-state index in [-0.39, 0.29) is 5.76 Å². The van der Waals surface area contributed by atoms with E-state index in [2.05, 4.69) is 83.0 Å². The number of ether oxygens (including phenoxy) is 1. The fourth-order valence-corrected chi connectivity index (χ4v) is 1.91. The van der Waals surface area contributed by atoms with Crippen LogP contribution in [0.1, 0.15) is 11.1 Å². The van der Waals surface area contributed by atoms with Gasteiger partial charge in [0.15, 0.2) is 5.76 Å². The minimum absolute atomic E-state index is 0.0139. The minimum Gasteiger partial charge on any atom is -0.492 e. The van der Waals surface area contributed by atoms with Crippen molar-refractivity contribution in [2.75, 3.05) is 19.1 Å². The molecule has 5 nitrogen and oxygen atoms in total. The van der Waals surface area contributed by atoms with Gasteiger partial charge in [-0.15, -0.1) is 0 Å². The number of nitrogens with one attached hydrogen (secondary N) is 2. The highest BCUT2D eigenvalue weighted by atomic mass is 16.5. The summed E-state index contributed by atoms with van der Waals surface area (Å²) in [6.07, 6.45) is 0. The van der Waals surface area contributed by atoms with Gasteiger partial charge in [-0.25, -0.2) is 4.99 Å². The van der Waals surface area contributed by atoms with Crippen molar-refractivity contribution in [2.24, 2.45) is 4.99 Å². The van der Waals surface area contributed by atoms with Crippen molar-refractivity contribution in [2.45, 2.75) is 13.5 Å². The van der Waals surface area contributed by atoms with Crippen molar-refractivity contribution in [1.29, 1.82) is 0 Å². The van der Waals surface area contributed by atoms with Crippen LogP contribution in [-0.2, 0) is 16.1 Å². The molecule has 0 fully saturated rings. The number of hydrogen-bond donors (Lipinski definition) is 2. The first kappa shape index (κ1) is 20.1. The third-order valence-corrected chi connectivity index (χ3v) is 3.35. The summed E-state index contributed by atoms with van der Waals surface area (Å²) in [7, 11) is 1.35. The van der Waals surface area contributed by atoms with Crippen LogP contribution in [-0.4, -0.2) is 26.4 Å². The zero-order chi connectivity index (χ0) is 18.5. The Kier molecular flexibility index (Phi) is 9.33. The Morgan fingerprint density at radius 3 is 2.32 bits per heavy atom. The number of methoxy groups -OCH3 is 1. The van der Waals surface area contributed by atoms with Crippen molar-refractivity contribution < 1.29 is 9.53 Å². The van der Waals surface area contributed by atoms with Crippen molar-refractivity contribution in [3.8, 4) is 0 Å². The number of anilines is 1. The molecule has 2 aromatic carbocycles. The lowest BCUT2D eigenvalue weighted by atomic mass is 10.2. The van der Waals surface area contributed by atoms with Gasteiger partial charge in [0, 0.05) is 12.2 Å². The first-order valence-electron chi connectivity index (χ1n) is 7.86. The van der Waals surface area contributed by atoms with Crippen LogP contribution >= 0.6 is 0 Å². The van der Waals surface area contributed by atoms with E-state index in [1.807, 2.05) is 12.1 Å². The molecule has 0 atom stereocenters. The van der Waals surface area contributed by atoms with Crippen LogP contribution in [0.25, 0.3) is 0 Å². The van der Waals surface area contributed by atoms with Crippen LogP contribution in [0, 0.1) is 6.92 Å². The lowest BCUT2D eigenvalue weighted by molar-refractivity contribution is -0.117. The maximum absolute atomic E-state index is 10.3. The third kappa shape index (κ3) is 7.94. The molecule has 2 aromatic rings. The molecule has 0 bridgehead atoms. The number of aliphatic imine (C=N–C) groups is 1.